The van der Waals surface area contributed by atoms with Gasteiger partial charge < -0.3 is 10.1 Å². The van der Waals surface area contributed by atoms with Gasteiger partial charge in [-0.1, -0.05) is 19.4 Å². The second-order valence-corrected chi connectivity index (χ2v) is 7.12. The average molecular weight is 364 g/mol. The lowest BCUT2D eigenvalue weighted by molar-refractivity contribution is 0.0601. The van der Waals surface area contributed by atoms with Crippen LogP contribution in [0.15, 0.2) is 36.4 Å². The molecule has 1 aromatic heterocycles. The Morgan fingerprint density at radius 2 is 1.88 bits per heavy atom. The van der Waals surface area contributed by atoms with Crippen LogP contribution in [-0.2, 0) is 14.8 Å². The van der Waals surface area contributed by atoms with E-state index in [0.717, 1.165) is 6.42 Å². The van der Waals surface area contributed by atoms with Crippen LogP contribution in [0.25, 0.3) is 0 Å². The Labute approximate surface area is 146 Å². The monoisotopic (exact) mass is 364 g/mol. The minimum atomic E-state index is -3.41. The molecule has 0 atom stereocenters. The Morgan fingerprint density at radius 1 is 1.16 bits per heavy atom. The van der Waals surface area contributed by atoms with E-state index in [1.807, 2.05) is 6.92 Å². The number of rotatable bonds is 8. The quantitative estimate of drug-likeness (QED) is 0.693. The van der Waals surface area contributed by atoms with Gasteiger partial charge in [0.05, 0.1) is 18.4 Å². The molecule has 0 aliphatic rings. The minimum absolute atomic E-state index is 0.0471. The molecular formula is C16H20N4O4S. The van der Waals surface area contributed by atoms with Crippen molar-refractivity contribution in [2.45, 2.75) is 19.8 Å². The Kier molecular flexibility index (Phi) is 6.29. The predicted octanol–water partition coefficient (Wildman–Crippen LogP) is 2.55. The van der Waals surface area contributed by atoms with E-state index < -0.39 is 16.0 Å². The number of nitrogens with zero attached hydrogens (tertiary/aromatic N) is 2. The number of aromatic nitrogens is 2. The molecule has 1 heterocycles. The van der Waals surface area contributed by atoms with E-state index in [-0.39, 0.29) is 11.6 Å². The number of methoxy groups -OCH3 is 1. The Morgan fingerprint density at radius 3 is 2.52 bits per heavy atom. The number of anilines is 3. The summed E-state index contributed by atoms with van der Waals surface area (Å²) >= 11 is 0. The average Bonchev–Trinajstić information content (AvgIpc) is 2.61. The van der Waals surface area contributed by atoms with Crippen LogP contribution in [0, 0.1) is 0 Å². The lowest BCUT2D eigenvalue weighted by Crippen LogP contribution is -2.17. The summed E-state index contributed by atoms with van der Waals surface area (Å²) in [4.78, 5) is 11.5. The van der Waals surface area contributed by atoms with Crippen LogP contribution in [0.1, 0.15) is 30.1 Å². The van der Waals surface area contributed by atoms with E-state index in [1.165, 1.54) is 13.2 Å². The van der Waals surface area contributed by atoms with E-state index in [2.05, 4.69) is 25.0 Å². The van der Waals surface area contributed by atoms with Crippen molar-refractivity contribution in [3.8, 4) is 0 Å². The van der Waals surface area contributed by atoms with Gasteiger partial charge in [0.1, 0.15) is 0 Å². The molecule has 0 amide bonds. The summed E-state index contributed by atoms with van der Waals surface area (Å²) in [7, 11) is -2.10. The van der Waals surface area contributed by atoms with Gasteiger partial charge in [-0.25, -0.2) is 13.2 Å². The van der Waals surface area contributed by atoms with Gasteiger partial charge in [-0.2, -0.15) is 0 Å². The number of esters is 1. The number of hydrogen-bond donors (Lipinski definition) is 2. The van der Waals surface area contributed by atoms with Gasteiger partial charge in [-0.3, -0.25) is 4.72 Å². The molecule has 0 bridgehead atoms. The topological polar surface area (TPSA) is 110 Å². The highest BCUT2D eigenvalue weighted by Crippen LogP contribution is 2.17. The lowest BCUT2D eigenvalue weighted by atomic mass is 10.2. The van der Waals surface area contributed by atoms with Gasteiger partial charge in [0.25, 0.3) is 0 Å². The smallest absolute Gasteiger partial charge is 0.337 e. The molecule has 2 N–H and O–H groups in total. The molecule has 8 nitrogen and oxygen atoms in total. The first-order chi connectivity index (χ1) is 11.9. The SMILES string of the molecule is CCCCS(=O)(=O)Nc1ccc(Nc2cccc(C(=O)OC)c2)nn1. The number of carbonyl (C=O) groups excluding carboxylic acids is 1. The van der Waals surface area contributed by atoms with Crippen LogP contribution in [0.3, 0.4) is 0 Å². The van der Waals surface area contributed by atoms with Crippen molar-refractivity contribution in [2.24, 2.45) is 0 Å². The van der Waals surface area contributed by atoms with Crippen LogP contribution in [-0.4, -0.2) is 37.4 Å². The van der Waals surface area contributed by atoms with Crippen molar-refractivity contribution in [3.05, 3.63) is 42.0 Å². The summed E-state index contributed by atoms with van der Waals surface area (Å²) in [6.07, 6.45) is 1.37. The Balaban J connectivity index is 2.04. The van der Waals surface area contributed by atoms with E-state index >= 15 is 0 Å². The molecule has 0 fully saturated rings. The van der Waals surface area contributed by atoms with Crippen LogP contribution in [0.4, 0.5) is 17.3 Å². The molecular weight excluding hydrogens is 344 g/mol. The molecule has 9 heteroatoms. The van der Waals surface area contributed by atoms with E-state index in [4.69, 9.17) is 0 Å². The third kappa shape index (κ3) is 5.71. The fourth-order valence-corrected chi connectivity index (χ4v) is 3.19. The number of hydrogen-bond acceptors (Lipinski definition) is 7. The molecule has 2 rings (SSSR count). The van der Waals surface area contributed by atoms with Crippen molar-refractivity contribution in [1.29, 1.82) is 0 Å². The molecule has 25 heavy (non-hydrogen) atoms. The minimum Gasteiger partial charge on any atom is -0.465 e. The first-order valence-corrected chi connectivity index (χ1v) is 9.38. The number of benzene rings is 1. The van der Waals surface area contributed by atoms with Crippen molar-refractivity contribution >= 4 is 33.3 Å². The third-order valence-corrected chi connectivity index (χ3v) is 4.59. The second kappa shape index (κ2) is 8.43. The van der Waals surface area contributed by atoms with Crippen LogP contribution < -0.4 is 10.0 Å². The summed E-state index contributed by atoms with van der Waals surface area (Å²) in [5.41, 5.74) is 1.04. The van der Waals surface area contributed by atoms with E-state index in [0.29, 0.717) is 23.5 Å². The number of unbranched alkanes of at least 4 members (excludes halogenated alkanes) is 1. The molecule has 134 valence electrons. The van der Waals surface area contributed by atoms with Crippen molar-refractivity contribution in [2.75, 3.05) is 22.9 Å². The Bertz CT molecular complexity index is 822. The van der Waals surface area contributed by atoms with Crippen molar-refractivity contribution in [3.63, 3.8) is 0 Å². The molecule has 2 aromatic rings. The van der Waals surface area contributed by atoms with Gasteiger partial charge in [-0.05, 0) is 36.8 Å². The number of nitrogens with one attached hydrogen (secondary N) is 2. The van der Waals surface area contributed by atoms with E-state index in [9.17, 15) is 13.2 Å². The summed E-state index contributed by atoms with van der Waals surface area (Å²) in [5.74, 6) is 0.181. The third-order valence-electron chi connectivity index (χ3n) is 3.25. The van der Waals surface area contributed by atoms with Crippen molar-refractivity contribution < 1.29 is 17.9 Å². The van der Waals surface area contributed by atoms with Gasteiger partial charge in [0.2, 0.25) is 10.0 Å². The fraction of sp³-hybridized carbons (Fsp3) is 0.312. The van der Waals surface area contributed by atoms with Gasteiger partial charge >= 0.3 is 5.97 Å². The summed E-state index contributed by atoms with van der Waals surface area (Å²) in [6, 6.07) is 9.83. The number of carbonyl (C=O) groups is 1. The zero-order chi connectivity index (χ0) is 18.3. The molecule has 0 unspecified atom stereocenters. The summed E-state index contributed by atoms with van der Waals surface area (Å²) in [5, 5.41) is 10.8. The highest BCUT2D eigenvalue weighted by molar-refractivity contribution is 7.92. The Hall–Kier alpha value is -2.68. The van der Waals surface area contributed by atoms with Crippen LogP contribution >= 0.6 is 0 Å². The molecule has 0 aliphatic heterocycles. The number of sulfonamides is 1. The maximum atomic E-state index is 11.8. The van der Waals surface area contributed by atoms with Crippen molar-refractivity contribution in [1.82, 2.24) is 10.2 Å². The molecule has 0 saturated heterocycles. The van der Waals surface area contributed by atoms with Gasteiger partial charge in [-0.15, -0.1) is 10.2 Å². The largest absolute Gasteiger partial charge is 0.465 e. The highest BCUT2D eigenvalue weighted by Gasteiger charge is 2.11. The zero-order valence-electron chi connectivity index (χ0n) is 14.0. The maximum Gasteiger partial charge on any atom is 0.337 e. The lowest BCUT2D eigenvalue weighted by Gasteiger charge is -2.08. The van der Waals surface area contributed by atoms with Gasteiger partial charge in [0.15, 0.2) is 11.6 Å². The fourth-order valence-electron chi connectivity index (χ4n) is 1.99. The van der Waals surface area contributed by atoms with E-state index in [1.54, 1.807) is 30.3 Å². The molecule has 0 saturated carbocycles. The predicted molar refractivity (Wildman–Crippen MR) is 95.4 cm³/mol. The molecule has 1 aromatic carbocycles. The van der Waals surface area contributed by atoms with Gasteiger partial charge in [0, 0.05) is 5.69 Å². The summed E-state index contributed by atoms with van der Waals surface area (Å²) in [6.45, 7) is 1.92. The first-order valence-electron chi connectivity index (χ1n) is 7.73. The standard InChI is InChI=1S/C16H20N4O4S/c1-3-4-10-25(22,23)20-15-9-8-14(18-19-15)17-13-7-5-6-12(11-13)16(21)24-2/h5-9,11H,3-4,10H2,1-2H3,(H,17,18)(H,19,20). The first kappa shape index (κ1) is 18.7. The van der Waals surface area contributed by atoms with Crippen LogP contribution in [0.5, 0.6) is 0 Å². The summed E-state index contributed by atoms with van der Waals surface area (Å²) < 4.78 is 30.7. The molecule has 0 spiro atoms. The molecule has 0 aliphatic carbocycles. The highest BCUT2D eigenvalue weighted by atomic mass is 32.2. The molecule has 0 radical (unpaired) electrons. The maximum absolute atomic E-state index is 11.8. The number of ether oxygens (including phenoxy) is 1. The zero-order valence-corrected chi connectivity index (χ0v) is 14.8. The normalized spacial score (nSPS) is 11.0. The second-order valence-electron chi connectivity index (χ2n) is 5.28. The van der Waals surface area contributed by atoms with Crippen LogP contribution in [0.2, 0.25) is 0 Å².